The minimum Gasteiger partial charge on any atom is -0.340 e. The number of benzene rings is 1. The molecular weight excluding hydrogens is 437 g/mol. The van der Waals surface area contributed by atoms with Gasteiger partial charge in [0.15, 0.2) is 0 Å². The number of anilines is 1. The monoisotopic (exact) mass is 452 g/mol. The first kappa shape index (κ1) is 21.2. The van der Waals surface area contributed by atoms with Gasteiger partial charge in [-0.15, -0.1) is 0 Å². The van der Waals surface area contributed by atoms with Crippen LogP contribution in [0.5, 0.6) is 0 Å². The highest BCUT2D eigenvalue weighted by Gasteiger charge is 2.35. The maximum Gasteiger partial charge on any atom is 0.416 e. The van der Waals surface area contributed by atoms with Gasteiger partial charge < -0.3 is 10.2 Å². The zero-order chi connectivity index (χ0) is 22.9. The Morgan fingerprint density at radius 1 is 1.31 bits per heavy atom. The number of nitrogens with one attached hydrogen (secondary N) is 2. The van der Waals surface area contributed by atoms with E-state index in [1.165, 1.54) is 4.90 Å². The number of aromatic nitrogens is 6. The summed E-state index contributed by atoms with van der Waals surface area (Å²) >= 11 is 0. The SMILES string of the molecule is O=COn1cnc2cc(C(F)(F)F)cc(C(=O)N[C@H]3CCCCN(c4nnn[nH]4)C3=O)c21. The summed E-state index contributed by atoms with van der Waals surface area (Å²) in [6.07, 6.45) is -2.36. The minimum atomic E-state index is -4.76. The summed E-state index contributed by atoms with van der Waals surface area (Å²) < 4.78 is 40.9. The molecule has 1 saturated heterocycles. The van der Waals surface area contributed by atoms with Gasteiger partial charge in [0.25, 0.3) is 11.8 Å². The van der Waals surface area contributed by atoms with E-state index in [1.54, 1.807) is 0 Å². The molecular formula is C17H15F3N8O4. The average molecular weight is 452 g/mol. The lowest BCUT2D eigenvalue weighted by Gasteiger charge is -2.22. The van der Waals surface area contributed by atoms with E-state index in [4.69, 9.17) is 0 Å². The highest BCUT2D eigenvalue weighted by atomic mass is 19.4. The Labute approximate surface area is 176 Å². The molecule has 0 spiro atoms. The van der Waals surface area contributed by atoms with Gasteiger partial charge in [0, 0.05) is 6.54 Å². The van der Waals surface area contributed by atoms with Gasteiger partial charge in [-0.3, -0.25) is 19.3 Å². The van der Waals surface area contributed by atoms with Crippen molar-refractivity contribution in [3.8, 4) is 0 Å². The normalized spacial score (nSPS) is 17.3. The number of fused-ring (bicyclic) bond motifs is 1. The number of tetrazole rings is 1. The maximum absolute atomic E-state index is 13.4. The van der Waals surface area contributed by atoms with Crippen LogP contribution in [0.15, 0.2) is 18.5 Å². The van der Waals surface area contributed by atoms with Gasteiger partial charge in [-0.2, -0.15) is 17.9 Å². The molecule has 2 N–H and O–H groups in total. The summed E-state index contributed by atoms with van der Waals surface area (Å²) in [5.74, 6) is -1.39. The lowest BCUT2D eigenvalue weighted by molar-refractivity contribution is -0.137. The fourth-order valence-corrected chi connectivity index (χ4v) is 3.47. The summed E-state index contributed by atoms with van der Waals surface area (Å²) in [6.45, 7) is 0.342. The quantitative estimate of drug-likeness (QED) is 0.531. The third-order valence-corrected chi connectivity index (χ3v) is 4.92. The van der Waals surface area contributed by atoms with E-state index in [0.29, 0.717) is 25.5 Å². The molecule has 1 fully saturated rings. The number of H-pyrrole nitrogens is 1. The second-order valence-corrected chi connectivity index (χ2v) is 6.90. The van der Waals surface area contributed by atoms with E-state index < -0.39 is 35.2 Å². The van der Waals surface area contributed by atoms with Gasteiger partial charge in [-0.25, -0.2) is 10.1 Å². The van der Waals surface area contributed by atoms with Crippen molar-refractivity contribution < 1.29 is 32.4 Å². The lowest BCUT2D eigenvalue weighted by Crippen LogP contribution is -2.48. The Morgan fingerprint density at radius 2 is 2.12 bits per heavy atom. The van der Waals surface area contributed by atoms with Gasteiger partial charge in [-0.1, -0.05) is 5.10 Å². The number of imidazole rings is 1. The first-order valence-corrected chi connectivity index (χ1v) is 9.34. The van der Waals surface area contributed by atoms with E-state index in [0.717, 1.165) is 17.1 Å². The van der Waals surface area contributed by atoms with Gasteiger partial charge in [0.2, 0.25) is 5.95 Å². The molecule has 0 radical (unpaired) electrons. The Morgan fingerprint density at radius 3 is 2.81 bits per heavy atom. The summed E-state index contributed by atoms with van der Waals surface area (Å²) in [7, 11) is 0. The summed E-state index contributed by atoms with van der Waals surface area (Å²) in [5, 5.41) is 15.5. The topological polar surface area (TPSA) is 148 Å². The van der Waals surface area contributed by atoms with Crippen molar-refractivity contribution in [2.24, 2.45) is 0 Å². The molecule has 0 bridgehead atoms. The largest absolute Gasteiger partial charge is 0.416 e. The molecule has 0 aliphatic carbocycles. The number of aromatic amines is 1. The molecule has 4 rings (SSSR count). The van der Waals surface area contributed by atoms with E-state index in [2.05, 4.69) is 35.8 Å². The van der Waals surface area contributed by atoms with Crippen LogP contribution in [-0.2, 0) is 15.8 Å². The molecule has 3 aromatic rings. The standard InChI is InChI=1S/C17H15F3N8O4/c18-17(19,20)9-5-10(13-12(6-9)21-7-28(13)32-8-29)14(30)22-11-3-1-2-4-27(15(11)31)16-23-25-26-24-16/h5-8,11H,1-4H2,(H,22,30)(H,23,24,25,26)/t11-/m0/s1. The predicted molar refractivity (Wildman–Crippen MR) is 99.0 cm³/mol. The summed E-state index contributed by atoms with van der Waals surface area (Å²) in [5.41, 5.74) is -1.94. The number of rotatable bonds is 5. The predicted octanol–water partition coefficient (Wildman–Crippen LogP) is 0.469. The molecule has 2 aromatic heterocycles. The van der Waals surface area contributed by atoms with Crippen LogP contribution < -0.4 is 15.1 Å². The van der Waals surface area contributed by atoms with Crippen LogP contribution in [0, 0.1) is 0 Å². The Kier molecular flexibility index (Phi) is 5.46. The number of hydrogen-bond donors (Lipinski definition) is 2. The number of carbonyl (C=O) groups excluding carboxylic acids is 3. The van der Waals surface area contributed by atoms with Crippen molar-refractivity contribution in [2.75, 3.05) is 11.4 Å². The second kappa shape index (κ2) is 8.24. The van der Waals surface area contributed by atoms with Crippen molar-refractivity contribution >= 4 is 35.3 Å². The van der Waals surface area contributed by atoms with Gasteiger partial charge >= 0.3 is 12.6 Å². The average Bonchev–Trinajstić information content (AvgIpc) is 3.38. The molecule has 0 unspecified atom stereocenters. The van der Waals surface area contributed by atoms with Crippen LogP contribution in [-0.4, -0.2) is 61.2 Å². The molecule has 168 valence electrons. The van der Waals surface area contributed by atoms with Crippen molar-refractivity contribution in [2.45, 2.75) is 31.5 Å². The molecule has 1 aliphatic heterocycles. The van der Waals surface area contributed by atoms with Crippen LogP contribution in [0.2, 0.25) is 0 Å². The first-order chi connectivity index (χ1) is 15.3. The smallest absolute Gasteiger partial charge is 0.340 e. The zero-order valence-electron chi connectivity index (χ0n) is 16.2. The van der Waals surface area contributed by atoms with Gasteiger partial charge in [-0.05, 0) is 41.8 Å². The lowest BCUT2D eigenvalue weighted by atomic mass is 10.1. The summed E-state index contributed by atoms with van der Waals surface area (Å²) in [4.78, 5) is 46.4. The Bertz CT molecular complexity index is 1160. The van der Waals surface area contributed by atoms with Crippen molar-refractivity contribution in [3.05, 3.63) is 29.6 Å². The molecule has 1 aliphatic rings. The number of halogens is 3. The third kappa shape index (κ3) is 3.95. The number of nitrogens with zero attached hydrogens (tertiary/aromatic N) is 6. The fourth-order valence-electron chi connectivity index (χ4n) is 3.47. The van der Waals surface area contributed by atoms with E-state index in [-0.39, 0.29) is 29.9 Å². The van der Waals surface area contributed by atoms with E-state index in [9.17, 15) is 27.6 Å². The van der Waals surface area contributed by atoms with Crippen LogP contribution in [0.1, 0.15) is 35.2 Å². The van der Waals surface area contributed by atoms with Crippen LogP contribution >= 0.6 is 0 Å². The minimum absolute atomic E-state index is 0.0403. The number of carbonyl (C=O) groups is 3. The third-order valence-electron chi connectivity index (χ3n) is 4.92. The molecule has 1 atom stereocenters. The number of amides is 2. The van der Waals surface area contributed by atoms with E-state index in [1.807, 2.05) is 0 Å². The number of hydrogen-bond acceptors (Lipinski definition) is 8. The zero-order valence-corrected chi connectivity index (χ0v) is 16.2. The Hall–Kier alpha value is -4.04. The van der Waals surface area contributed by atoms with Crippen molar-refractivity contribution in [1.29, 1.82) is 0 Å². The van der Waals surface area contributed by atoms with Crippen molar-refractivity contribution in [3.63, 3.8) is 0 Å². The molecule has 15 heteroatoms. The molecule has 3 heterocycles. The molecule has 32 heavy (non-hydrogen) atoms. The Balaban J connectivity index is 1.70. The van der Waals surface area contributed by atoms with Crippen molar-refractivity contribution in [1.82, 2.24) is 35.7 Å². The first-order valence-electron chi connectivity index (χ1n) is 9.34. The summed E-state index contributed by atoms with van der Waals surface area (Å²) in [6, 6.07) is 0.304. The van der Waals surface area contributed by atoms with Crippen LogP contribution in [0.4, 0.5) is 19.1 Å². The van der Waals surface area contributed by atoms with Crippen LogP contribution in [0.3, 0.4) is 0 Å². The maximum atomic E-state index is 13.4. The molecule has 1 aromatic carbocycles. The fraction of sp³-hybridized carbons (Fsp3) is 0.353. The highest BCUT2D eigenvalue weighted by Crippen LogP contribution is 2.33. The highest BCUT2D eigenvalue weighted by molar-refractivity contribution is 6.08. The van der Waals surface area contributed by atoms with E-state index >= 15 is 0 Å². The van der Waals surface area contributed by atoms with Crippen LogP contribution in [0.25, 0.3) is 11.0 Å². The van der Waals surface area contributed by atoms with Gasteiger partial charge in [0.1, 0.15) is 17.9 Å². The second-order valence-electron chi connectivity index (χ2n) is 6.90. The van der Waals surface area contributed by atoms with Gasteiger partial charge in [0.05, 0.1) is 16.6 Å². The molecule has 2 amide bonds. The molecule has 0 saturated carbocycles. The molecule has 12 nitrogen and oxygen atoms in total. The number of alkyl halides is 3.